The van der Waals surface area contributed by atoms with Crippen molar-refractivity contribution in [3.8, 4) is 0 Å². The molecule has 26 heavy (non-hydrogen) atoms. The minimum Gasteiger partial charge on any atom is -0.385 e. The SMILES string of the molecule is COCCCN1CC2(CCN(C(=O)[C@@H](C)Cn3cncn3)CC2)CC1=O. The lowest BCUT2D eigenvalue weighted by atomic mass is 9.77. The van der Waals surface area contributed by atoms with Crippen molar-refractivity contribution in [2.24, 2.45) is 11.3 Å². The van der Waals surface area contributed by atoms with Crippen molar-refractivity contribution in [3.05, 3.63) is 12.7 Å². The molecular formula is C18H29N5O3. The molecule has 8 heteroatoms. The third-order valence-electron chi connectivity index (χ3n) is 5.67. The van der Waals surface area contributed by atoms with Crippen LogP contribution in [-0.4, -0.2) is 76.3 Å². The monoisotopic (exact) mass is 363 g/mol. The Balaban J connectivity index is 1.49. The summed E-state index contributed by atoms with van der Waals surface area (Å²) in [5.41, 5.74) is 0.0517. The number of carbonyl (C=O) groups excluding carboxylic acids is 2. The third kappa shape index (κ3) is 4.23. The van der Waals surface area contributed by atoms with Gasteiger partial charge in [-0.25, -0.2) is 4.98 Å². The van der Waals surface area contributed by atoms with Gasteiger partial charge in [0.05, 0.1) is 12.5 Å². The minimum absolute atomic E-state index is 0.0517. The number of hydrogen-bond donors (Lipinski definition) is 0. The number of likely N-dealkylation sites (tertiary alicyclic amines) is 2. The van der Waals surface area contributed by atoms with E-state index in [1.54, 1.807) is 18.1 Å². The van der Waals surface area contributed by atoms with E-state index >= 15 is 0 Å². The average molecular weight is 363 g/mol. The van der Waals surface area contributed by atoms with Crippen LogP contribution < -0.4 is 0 Å². The molecule has 2 fully saturated rings. The van der Waals surface area contributed by atoms with E-state index in [1.807, 2.05) is 16.7 Å². The van der Waals surface area contributed by atoms with E-state index in [4.69, 9.17) is 4.74 Å². The number of ether oxygens (including phenoxy) is 1. The van der Waals surface area contributed by atoms with Gasteiger partial charge in [-0.05, 0) is 19.3 Å². The topological polar surface area (TPSA) is 80.6 Å². The molecule has 1 spiro atoms. The number of amides is 2. The van der Waals surface area contributed by atoms with Gasteiger partial charge in [0.2, 0.25) is 11.8 Å². The average Bonchev–Trinajstić information content (AvgIpc) is 3.24. The Bertz CT molecular complexity index is 610. The summed E-state index contributed by atoms with van der Waals surface area (Å²) in [7, 11) is 1.68. The van der Waals surface area contributed by atoms with E-state index in [2.05, 4.69) is 10.1 Å². The van der Waals surface area contributed by atoms with E-state index in [0.29, 0.717) is 19.6 Å². The summed E-state index contributed by atoms with van der Waals surface area (Å²) in [5.74, 6) is 0.290. The van der Waals surface area contributed by atoms with Crippen LogP contribution in [0.5, 0.6) is 0 Å². The molecule has 2 aliphatic rings. The minimum atomic E-state index is -0.124. The summed E-state index contributed by atoms with van der Waals surface area (Å²) in [6, 6.07) is 0. The van der Waals surface area contributed by atoms with Gasteiger partial charge < -0.3 is 14.5 Å². The first-order chi connectivity index (χ1) is 12.5. The van der Waals surface area contributed by atoms with E-state index < -0.39 is 0 Å². The fraction of sp³-hybridized carbons (Fsp3) is 0.778. The van der Waals surface area contributed by atoms with E-state index in [0.717, 1.165) is 45.4 Å². The molecule has 8 nitrogen and oxygen atoms in total. The lowest BCUT2D eigenvalue weighted by Crippen LogP contribution is -2.46. The molecule has 3 rings (SSSR count). The fourth-order valence-corrected chi connectivity index (χ4v) is 4.12. The molecule has 144 valence electrons. The second-order valence-corrected chi connectivity index (χ2v) is 7.68. The Kier molecular flexibility index (Phi) is 5.90. The Morgan fingerprint density at radius 2 is 2.15 bits per heavy atom. The van der Waals surface area contributed by atoms with E-state index in [-0.39, 0.29) is 23.1 Å². The smallest absolute Gasteiger partial charge is 0.227 e. The van der Waals surface area contributed by atoms with Crippen LogP contribution in [0, 0.1) is 11.3 Å². The summed E-state index contributed by atoms with van der Waals surface area (Å²) >= 11 is 0. The van der Waals surface area contributed by atoms with Gasteiger partial charge in [-0.1, -0.05) is 6.92 Å². The quantitative estimate of drug-likeness (QED) is 0.669. The Hall–Kier alpha value is -1.96. The molecular weight excluding hydrogens is 334 g/mol. The van der Waals surface area contributed by atoms with Crippen LogP contribution in [0.2, 0.25) is 0 Å². The number of carbonyl (C=O) groups is 2. The maximum absolute atomic E-state index is 12.7. The highest BCUT2D eigenvalue weighted by Crippen LogP contribution is 2.41. The van der Waals surface area contributed by atoms with Gasteiger partial charge in [-0.3, -0.25) is 14.3 Å². The normalized spacial score (nSPS) is 20.8. The number of rotatable bonds is 7. The van der Waals surface area contributed by atoms with Gasteiger partial charge in [0.15, 0.2) is 0 Å². The van der Waals surface area contributed by atoms with Gasteiger partial charge in [-0.2, -0.15) is 5.10 Å². The van der Waals surface area contributed by atoms with Gasteiger partial charge in [0.25, 0.3) is 0 Å². The predicted molar refractivity (Wildman–Crippen MR) is 95.1 cm³/mol. The number of hydrogen-bond acceptors (Lipinski definition) is 5. The predicted octanol–water partition coefficient (Wildman–Crippen LogP) is 0.792. The van der Waals surface area contributed by atoms with E-state index in [9.17, 15) is 9.59 Å². The molecule has 2 amide bonds. The Morgan fingerprint density at radius 1 is 1.38 bits per heavy atom. The summed E-state index contributed by atoms with van der Waals surface area (Å²) < 4.78 is 6.78. The largest absolute Gasteiger partial charge is 0.385 e. The molecule has 1 atom stereocenters. The Labute approximate surface area is 154 Å². The molecule has 1 aromatic rings. The molecule has 0 bridgehead atoms. The van der Waals surface area contributed by atoms with Crippen LogP contribution in [-0.2, 0) is 20.9 Å². The Morgan fingerprint density at radius 3 is 2.81 bits per heavy atom. The van der Waals surface area contributed by atoms with Gasteiger partial charge in [0.1, 0.15) is 12.7 Å². The second kappa shape index (κ2) is 8.16. The van der Waals surface area contributed by atoms with Crippen molar-refractivity contribution in [3.63, 3.8) is 0 Å². The molecule has 0 unspecified atom stereocenters. The first-order valence-corrected chi connectivity index (χ1v) is 9.41. The number of piperidine rings is 1. The number of nitrogens with zero attached hydrogens (tertiary/aromatic N) is 5. The number of methoxy groups -OCH3 is 1. The zero-order chi connectivity index (χ0) is 18.6. The van der Waals surface area contributed by atoms with Crippen molar-refractivity contribution in [2.75, 3.05) is 39.9 Å². The summed E-state index contributed by atoms with van der Waals surface area (Å²) in [6.45, 7) is 6.23. The van der Waals surface area contributed by atoms with Crippen LogP contribution in [0.15, 0.2) is 12.7 Å². The molecule has 0 N–H and O–H groups in total. The van der Waals surface area contributed by atoms with Gasteiger partial charge in [-0.15, -0.1) is 0 Å². The van der Waals surface area contributed by atoms with Crippen LogP contribution >= 0.6 is 0 Å². The molecule has 0 aliphatic carbocycles. The second-order valence-electron chi connectivity index (χ2n) is 7.68. The van der Waals surface area contributed by atoms with Crippen LogP contribution in [0.3, 0.4) is 0 Å². The number of aromatic nitrogens is 3. The lowest BCUT2D eigenvalue weighted by Gasteiger charge is -2.39. The molecule has 2 aliphatic heterocycles. The highest BCUT2D eigenvalue weighted by Gasteiger charge is 2.45. The van der Waals surface area contributed by atoms with Gasteiger partial charge >= 0.3 is 0 Å². The molecule has 0 saturated carbocycles. The zero-order valence-corrected chi connectivity index (χ0v) is 15.8. The van der Waals surface area contributed by atoms with Crippen LogP contribution in [0.25, 0.3) is 0 Å². The third-order valence-corrected chi connectivity index (χ3v) is 5.67. The first kappa shape index (κ1) is 18.8. The molecule has 0 aromatic carbocycles. The van der Waals surface area contributed by atoms with Crippen molar-refractivity contribution < 1.29 is 14.3 Å². The van der Waals surface area contributed by atoms with Crippen molar-refractivity contribution >= 4 is 11.8 Å². The van der Waals surface area contributed by atoms with Crippen molar-refractivity contribution in [1.82, 2.24) is 24.6 Å². The van der Waals surface area contributed by atoms with Crippen molar-refractivity contribution in [2.45, 2.75) is 39.2 Å². The van der Waals surface area contributed by atoms with Gasteiger partial charge in [0, 0.05) is 51.7 Å². The van der Waals surface area contributed by atoms with Crippen LogP contribution in [0.4, 0.5) is 0 Å². The van der Waals surface area contributed by atoms with Crippen LogP contribution in [0.1, 0.15) is 32.6 Å². The summed E-state index contributed by atoms with van der Waals surface area (Å²) in [5, 5.41) is 4.07. The first-order valence-electron chi connectivity index (χ1n) is 9.41. The molecule has 1 aromatic heterocycles. The molecule has 2 saturated heterocycles. The summed E-state index contributed by atoms with van der Waals surface area (Å²) in [6.07, 6.45) is 6.43. The van der Waals surface area contributed by atoms with E-state index in [1.165, 1.54) is 6.33 Å². The molecule has 0 radical (unpaired) electrons. The fourth-order valence-electron chi connectivity index (χ4n) is 4.12. The zero-order valence-electron chi connectivity index (χ0n) is 15.8. The standard InChI is InChI=1S/C18H29N5O3/c1-15(11-23-14-19-13-20-23)17(25)21-7-4-18(5-8-21)10-16(24)22(12-18)6-3-9-26-2/h13-15H,3-12H2,1-2H3/t15-/m0/s1. The molecule has 3 heterocycles. The highest BCUT2D eigenvalue weighted by molar-refractivity contribution is 5.80. The highest BCUT2D eigenvalue weighted by atomic mass is 16.5. The summed E-state index contributed by atoms with van der Waals surface area (Å²) in [4.78, 5) is 32.9. The van der Waals surface area contributed by atoms with Crippen molar-refractivity contribution in [1.29, 1.82) is 0 Å². The lowest BCUT2D eigenvalue weighted by molar-refractivity contribution is -0.137. The maximum Gasteiger partial charge on any atom is 0.227 e. The maximum atomic E-state index is 12.7.